The minimum Gasteiger partial charge on any atom is -0.467 e. The molecular weight excluding hydrogens is 368 g/mol. The molecule has 138 valence electrons. The van der Waals surface area contributed by atoms with E-state index in [9.17, 15) is 9.59 Å². The Morgan fingerprint density at radius 2 is 2.19 bits per heavy atom. The second-order valence-corrected chi connectivity index (χ2v) is 6.93. The van der Waals surface area contributed by atoms with Crippen molar-refractivity contribution in [2.75, 3.05) is 6.61 Å². The fourth-order valence-electron chi connectivity index (χ4n) is 2.84. The van der Waals surface area contributed by atoms with Gasteiger partial charge in [-0.3, -0.25) is 4.79 Å². The Morgan fingerprint density at radius 1 is 1.30 bits per heavy atom. The maximum atomic E-state index is 12.7. The predicted molar refractivity (Wildman–Crippen MR) is 97.5 cm³/mol. The van der Waals surface area contributed by atoms with Crippen molar-refractivity contribution < 1.29 is 23.2 Å². The van der Waals surface area contributed by atoms with E-state index in [0.717, 1.165) is 10.6 Å². The summed E-state index contributed by atoms with van der Waals surface area (Å²) in [5.41, 5.74) is 0.799. The van der Waals surface area contributed by atoms with Gasteiger partial charge in [-0.1, -0.05) is 6.07 Å². The second kappa shape index (κ2) is 7.24. The van der Waals surface area contributed by atoms with Crippen molar-refractivity contribution in [2.24, 2.45) is 5.10 Å². The Hall–Kier alpha value is -3.13. The van der Waals surface area contributed by atoms with Gasteiger partial charge in [0.1, 0.15) is 17.6 Å². The molecule has 1 aliphatic heterocycles. The van der Waals surface area contributed by atoms with Crippen LogP contribution >= 0.6 is 11.3 Å². The number of thiophene rings is 1. The van der Waals surface area contributed by atoms with Crippen LogP contribution in [0.5, 0.6) is 0 Å². The first-order valence-electron chi connectivity index (χ1n) is 8.32. The predicted octanol–water partition coefficient (Wildman–Crippen LogP) is 3.78. The van der Waals surface area contributed by atoms with Crippen LogP contribution in [-0.4, -0.2) is 29.2 Å². The Labute approximate surface area is 158 Å². The Bertz CT molecular complexity index is 972. The number of hydrazone groups is 1. The van der Waals surface area contributed by atoms with E-state index >= 15 is 0 Å². The minimum atomic E-state index is -0.687. The maximum absolute atomic E-state index is 12.7. The summed E-state index contributed by atoms with van der Waals surface area (Å²) in [6.07, 6.45) is 2.09. The van der Waals surface area contributed by atoms with Crippen LogP contribution in [0.25, 0.3) is 0 Å². The van der Waals surface area contributed by atoms with Gasteiger partial charge in [0.15, 0.2) is 6.61 Å². The summed E-state index contributed by atoms with van der Waals surface area (Å²) in [5, 5.41) is 7.74. The van der Waals surface area contributed by atoms with Crippen molar-refractivity contribution in [3.05, 3.63) is 70.2 Å². The molecule has 1 amide bonds. The molecule has 0 saturated carbocycles. The fraction of sp³-hybridized carbons (Fsp3) is 0.211. The third-order valence-electron chi connectivity index (χ3n) is 4.11. The number of amides is 1. The molecule has 7 nitrogen and oxygen atoms in total. The molecule has 0 bridgehead atoms. The highest BCUT2D eigenvalue weighted by Crippen LogP contribution is 2.34. The number of rotatable bonds is 5. The lowest BCUT2D eigenvalue weighted by atomic mass is 10.1. The molecule has 4 heterocycles. The second-order valence-electron chi connectivity index (χ2n) is 5.98. The lowest BCUT2D eigenvalue weighted by molar-refractivity contribution is -0.136. The van der Waals surface area contributed by atoms with Crippen molar-refractivity contribution in [1.82, 2.24) is 5.01 Å². The molecule has 0 aliphatic carbocycles. The van der Waals surface area contributed by atoms with Crippen LogP contribution in [0.3, 0.4) is 0 Å². The Balaban J connectivity index is 1.49. The molecule has 0 saturated heterocycles. The van der Waals surface area contributed by atoms with Gasteiger partial charge in [0.25, 0.3) is 5.91 Å². The van der Waals surface area contributed by atoms with Crippen LogP contribution in [0, 0.1) is 6.92 Å². The SMILES string of the molecule is Cc1ccc(C(=O)OCC(=O)N2N=C(c3cccs3)CC2c2ccco2)o1. The molecule has 0 aromatic carbocycles. The lowest BCUT2D eigenvalue weighted by Gasteiger charge is -2.19. The van der Waals surface area contributed by atoms with E-state index in [1.807, 2.05) is 17.5 Å². The largest absolute Gasteiger partial charge is 0.467 e. The van der Waals surface area contributed by atoms with E-state index in [4.69, 9.17) is 13.6 Å². The molecule has 4 rings (SSSR count). The van der Waals surface area contributed by atoms with Crippen molar-refractivity contribution in [1.29, 1.82) is 0 Å². The highest BCUT2D eigenvalue weighted by molar-refractivity contribution is 7.12. The minimum absolute atomic E-state index is 0.0621. The van der Waals surface area contributed by atoms with E-state index < -0.39 is 18.5 Å². The summed E-state index contributed by atoms with van der Waals surface area (Å²) in [4.78, 5) is 25.7. The van der Waals surface area contributed by atoms with E-state index in [1.54, 1.807) is 42.7 Å². The average Bonchev–Trinajstić information content (AvgIpc) is 3.45. The highest BCUT2D eigenvalue weighted by atomic mass is 32.1. The molecule has 1 atom stereocenters. The third-order valence-corrected chi connectivity index (χ3v) is 5.03. The van der Waals surface area contributed by atoms with Gasteiger partial charge in [0.2, 0.25) is 5.76 Å². The third kappa shape index (κ3) is 3.56. The van der Waals surface area contributed by atoms with Crippen molar-refractivity contribution >= 4 is 28.9 Å². The first-order chi connectivity index (χ1) is 13.1. The van der Waals surface area contributed by atoms with Gasteiger partial charge in [0, 0.05) is 6.42 Å². The summed E-state index contributed by atoms with van der Waals surface area (Å²) in [6.45, 7) is 1.29. The summed E-state index contributed by atoms with van der Waals surface area (Å²) in [6, 6.07) is 10.3. The zero-order valence-corrected chi connectivity index (χ0v) is 15.3. The van der Waals surface area contributed by atoms with Crippen LogP contribution in [-0.2, 0) is 9.53 Å². The molecule has 0 fully saturated rings. The van der Waals surface area contributed by atoms with Gasteiger partial charge in [-0.2, -0.15) is 5.10 Å². The van der Waals surface area contributed by atoms with Crippen molar-refractivity contribution in [3.63, 3.8) is 0 Å². The normalized spacial score (nSPS) is 16.4. The summed E-state index contributed by atoms with van der Waals surface area (Å²) in [5.74, 6) is 0.168. The standard InChI is InChI=1S/C19H16N2O5S/c1-12-6-7-16(26-12)19(23)25-11-18(22)21-14(15-4-2-8-24-15)10-13(20-21)17-5-3-9-27-17/h2-9,14H,10-11H2,1H3. The number of carbonyl (C=O) groups is 2. The summed E-state index contributed by atoms with van der Waals surface area (Å²) in [7, 11) is 0. The number of nitrogens with zero attached hydrogens (tertiary/aromatic N) is 2. The van der Waals surface area contributed by atoms with Crippen LogP contribution in [0.2, 0.25) is 0 Å². The zero-order chi connectivity index (χ0) is 18.8. The highest BCUT2D eigenvalue weighted by Gasteiger charge is 2.35. The number of furan rings is 2. The van der Waals surface area contributed by atoms with Crippen LogP contribution in [0.1, 0.15) is 39.4 Å². The molecule has 0 N–H and O–H groups in total. The van der Waals surface area contributed by atoms with Crippen LogP contribution < -0.4 is 0 Å². The van der Waals surface area contributed by atoms with Gasteiger partial charge >= 0.3 is 5.97 Å². The number of hydrogen-bond donors (Lipinski definition) is 0. The van der Waals surface area contributed by atoms with Gasteiger partial charge in [-0.05, 0) is 42.6 Å². The molecule has 0 radical (unpaired) electrons. The van der Waals surface area contributed by atoms with Crippen LogP contribution in [0.15, 0.2) is 62.0 Å². The van der Waals surface area contributed by atoms with E-state index in [-0.39, 0.29) is 11.8 Å². The number of hydrogen-bond acceptors (Lipinski definition) is 7. The number of ether oxygens (including phenoxy) is 1. The number of esters is 1. The quantitative estimate of drug-likeness (QED) is 0.625. The average molecular weight is 384 g/mol. The summed E-state index contributed by atoms with van der Waals surface area (Å²) >= 11 is 1.55. The first kappa shape index (κ1) is 17.3. The maximum Gasteiger partial charge on any atom is 0.374 e. The molecule has 3 aromatic rings. The van der Waals surface area contributed by atoms with Crippen LogP contribution in [0.4, 0.5) is 0 Å². The van der Waals surface area contributed by atoms with Crippen molar-refractivity contribution in [3.8, 4) is 0 Å². The monoisotopic (exact) mass is 384 g/mol. The van der Waals surface area contributed by atoms with Gasteiger partial charge < -0.3 is 13.6 Å². The molecule has 0 spiro atoms. The molecular formula is C19H16N2O5S. The lowest BCUT2D eigenvalue weighted by Crippen LogP contribution is -2.31. The van der Waals surface area contributed by atoms with Gasteiger partial charge in [-0.15, -0.1) is 11.3 Å². The smallest absolute Gasteiger partial charge is 0.374 e. The molecule has 27 heavy (non-hydrogen) atoms. The molecule has 1 unspecified atom stereocenters. The number of carbonyl (C=O) groups excluding carboxylic acids is 2. The molecule has 1 aliphatic rings. The van der Waals surface area contributed by atoms with E-state index in [0.29, 0.717) is 17.9 Å². The summed E-state index contributed by atoms with van der Waals surface area (Å²) < 4.78 is 15.8. The molecule has 3 aromatic heterocycles. The first-order valence-corrected chi connectivity index (χ1v) is 9.20. The van der Waals surface area contributed by atoms with Crippen molar-refractivity contribution in [2.45, 2.75) is 19.4 Å². The Kier molecular flexibility index (Phi) is 4.64. The number of aryl methyl sites for hydroxylation is 1. The van der Waals surface area contributed by atoms with Gasteiger partial charge in [0.05, 0.1) is 16.9 Å². The van der Waals surface area contributed by atoms with E-state index in [2.05, 4.69) is 5.10 Å². The van der Waals surface area contributed by atoms with Gasteiger partial charge in [-0.25, -0.2) is 9.80 Å². The Morgan fingerprint density at radius 3 is 2.85 bits per heavy atom. The molecule has 8 heteroatoms. The topological polar surface area (TPSA) is 85.3 Å². The fourth-order valence-corrected chi connectivity index (χ4v) is 3.56. The zero-order valence-electron chi connectivity index (χ0n) is 14.5. The van der Waals surface area contributed by atoms with E-state index in [1.165, 1.54) is 11.1 Å².